The summed E-state index contributed by atoms with van der Waals surface area (Å²) in [6.07, 6.45) is 5.09. The number of carboxylic acids is 1. The summed E-state index contributed by atoms with van der Waals surface area (Å²) >= 11 is 0. The van der Waals surface area contributed by atoms with E-state index in [1.807, 2.05) is 60.7 Å². The predicted molar refractivity (Wildman–Crippen MR) is 104 cm³/mol. The van der Waals surface area contributed by atoms with Crippen molar-refractivity contribution >= 4 is 23.0 Å². The van der Waals surface area contributed by atoms with Gasteiger partial charge < -0.3 is 19.0 Å². The fraction of sp³-hybridized carbons (Fsp3) is 0.227. The van der Waals surface area contributed by atoms with Gasteiger partial charge in [0.25, 0.3) is 0 Å². The lowest BCUT2D eigenvalue weighted by Gasteiger charge is -2.12. The van der Waals surface area contributed by atoms with Crippen LogP contribution >= 0.6 is 0 Å². The summed E-state index contributed by atoms with van der Waals surface area (Å²) in [5.74, 6) is -0.225. The first kappa shape index (κ1) is 18.7. The van der Waals surface area contributed by atoms with Gasteiger partial charge in [-0.2, -0.15) is 0 Å². The van der Waals surface area contributed by atoms with E-state index in [9.17, 15) is 4.79 Å². The van der Waals surface area contributed by atoms with Gasteiger partial charge in [0.2, 0.25) is 0 Å². The van der Waals surface area contributed by atoms with Crippen molar-refractivity contribution in [3.63, 3.8) is 0 Å². The van der Waals surface area contributed by atoms with Crippen LogP contribution < -0.4 is 4.74 Å². The quantitative estimate of drug-likeness (QED) is 0.601. The van der Waals surface area contributed by atoms with E-state index in [2.05, 4.69) is 0 Å². The van der Waals surface area contributed by atoms with Gasteiger partial charge in [0.1, 0.15) is 17.9 Å². The van der Waals surface area contributed by atoms with Gasteiger partial charge >= 0.3 is 5.97 Å². The van der Waals surface area contributed by atoms with Gasteiger partial charge in [-0.25, -0.2) is 4.79 Å². The summed E-state index contributed by atoms with van der Waals surface area (Å²) in [5.41, 5.74) is 2.76. The second kappa shape index (κ2) is 9.05. The van der Waals surface area contributed by atoms with E-state index in [1.165, 1.54) is 0 Å². The maximum Gasteiger partial charge on any atom is 0.333 e. The van der Waals surface area contributed by atoms with Crippen molar-refractivity contribution in [2.24, 2.45) is 0 Å². The molecule has 0 aliphatic rings. The van der Waals surface area contributed by atoms with E-state index in [1.54, 1.807) is 13.2 Å². The molecule has 0 fully saturated rings. The Morgan fingerprint density at radius 1 is 1.19 bits per heavy atom. The standard InChI is InChI=1S/C22H22O5/c1-2-25-20(22(23)24)15-16-8-10-19(11-9-16)26-13-4-7-17-5-3-6-18-12-14-27-21(17)18/h3-12,14,20H,2,13,15H2,1H3,(H,23,24). The zero-order valence-corrected chi connectivity index (χ0v) is 15.1. The molecule has 0 radical (unpaired) electrons. The largest absolute Gasteiger partial charge is 0.490 e. The highest BCUT2D eigenvalue weighted by Crippen LogP contribution is 2.21. The minimum absolute atomic E-state index is 0.330. The van der Waals surface area contributed by atoms with Crippen molar-refractivity contribution in [3.8, 4) is 5.75 Å². The van der Waals surface area contributed by atoms with E-state index < -0.39 is 12.1 Å². The van der Waals surface area contributed by atoms with E-state index >= 15 is 0 Å². The van der Waals surface area contributed by atoms with Gasteiger partial charge in [0.05, 0.1) is 6.26 Å². The zero-order chi connectivity index (χ0) is 19.1. The molecule has 0 aliphatic carbocycles. The number of ether oxygens (including phenoxy) is 2. The lowest BCUT2D eigenvalue weighted by molar-refractivity contribution is -0.149. The fourth-order valence-electron chi connectivity index (χ4n) is 2.82. The summed E-state index contributed by atoms with van der Waals surface area (Å²) in [6.45, 7) is 2.58. The number of hydrogen-bond acceptors (Lipinski definition) is 4. The lowest BCUT2D eigenvalue weighted by atomic mass is 10.1. The summed E-state index contributed by atoms with van der Waals surface area (Å²) < 4.78 is 16.4. The van der Waals surface area contributed by atoms with Gasteiger partial charge in [0.15, 0.2) is 6.10 Å². The molecule has 0 aliphatic heterocycles. The van der Waals surface area contributed by atoms with Crippen LogP contribution in [-0.2, 0) is 16.0 Å². The Morgan fingerprint density at radius 3 is 2.74 bits per heavy atom. The number of carbonyl (C=O) groups is 1. The maximum atomic E-state index is 11.2. The van der Waals surface area contributed by atoms with Crippen LogP contribution in [0.15, 0.2) is 65.3 Å². The topological polar surface area (TPSA) is 68.9 Å². The van der Waals surface area contributed by atoms with Crippen molar-refractivity contribution in [1.82, 2.24) is 0 Å². The fourth-order valence-corrected chi connectivity index (χ4v) is 2.82. The van der Waals surface area contributed by atoms with E-state index in [0.29, 0.717) is 19.6 Å². The molecule has 140 valence electrons. The third-order valence-electron chi connectivity index (χ3n) is 4.14. The Kier molecular flexibility index (Phi) is 6.28. The highest BCUT2D eigenvalue weighted by atomic mass is 16.5. The monoisotopic (exact) mass is 366 g/mol. The highest BCUT2D eigenvalue weighted by molar-refractivity contribution is 5.85. The SMILES string of the molecule is CCOC(Cc1ccc(OCC=Cc2cccc3ccoc23)cc1)C(=O)O. The van der Waals surface area contributed by atoms with E-state index in [0.717, 1.165) is 27.8 Å². The maximum absolute atomic E-state index is 11.2. The number of carboxylic acid groups (broad SMARTS) is 1. The van der Waals surface area contributed by atoms with Gasteiger partial charge in [0, 0.05) is 24.0 Å². The zero-order valence-electron chi connectivity index (χ0n) is 15.1. The van der Waals surface area contributed by atoms with Crippen molar-refractivity contribution in [2.75, 3.05) is 13.2 Å². The van der Waals surface area contributed by atoms with Crippen LogP contribution in [0.2, 0.25) is 0 Å². The molecule has 1 N–H and O–H groups in total. The average Bonchev–Trinajstić information content (AvgIpc) is 3.15. The van der Waals surface area contributed by atoms with Crippen LogP contribution in [0, 0.1) is 0 Å². The molecule has 27 heavy (non-hydrogen) atoms. The Morgan fingerprint density at radius 2 is 2.00 bits per heavy atom. The molecular weight excluding hydrogens is 344 g/mol. The summed E-state index contributed by atoms with van der Waals surface area (Å²) in [5, 5.41) is 10.2. The second-order valence-corrected chi connectivity index (χ2v) is 6.03. The molecule has 0 bridgehead atoms. The third-order valence-corrected chi connectivity index (χ3v) is 4.14. The third kappa shape index (κ3) is 4.99. The number of aliphatic carboxylic acids is 1. The van der Waals surface area contributed by atoms with Gasteiger partial charge in [-0.15, -0.1) is 0 Å². The first-order valence-electron chi connectivity index (χ1n) is 8.86. The van der Waals surface area contributed by atoms with E-state index in [4.69, 9.17) is 19.0 Å². The number of furan rings is 1. The average molecular weight is 366 g/mol. The van der Waals surface area contributed by atoms with Crippen molar-refractivity contribution in [1.29, 1.82) is 0 Å². The molecule has 1 atom stereocenters. The predicted octanol–water partition coefficient (Wildman–Crippen LogP) is 4.56. The smallest absolute Gasteiger partial charge is 0.333 e. The molecule has 0 saturated heterocycles. The van der Waals surface area contributed by atoms with E-state index in [-0.39, 0.29) is 0 Å². The number of fused-ring (bicyclic) bond motifs is 1. The van der Waals surface area contributed by atoms with Crippen molar-refractivity contribution < 1.29 is 23.8 Å². The highest BCUT2D eigenvalue weighted by Gasteiger charge is 2.17. The molecule has 5 heteroatoms. The molecule has 0 spiro atoms. The molecule has 1 aromatic heterocycles. The Bertz CT molecular complexity index is 908. The second-order valence-electron chi connectivity index (χ2n) is 6.03. The van der Waals surface area contributed by atoms with Crippen molar-refractivity contribution in [2.45, 2.75) is 19.4 Å². The van der Waals surface area contributed by atoms with Crippen LogP contribution in [0.4, 0.5) is 0 Å². The molecule has 0 amide bonds. The molecule has 2 aromatic carbocycles. The van der Waals surface area contributed by atoms with Gasteiger partial charge in [-0.1, -0.05) is 36.4 Å². The lowest BCUT2D eigenvalue weighted by Crippen LogP contribution is -2.26. The van der Waals surface area contributed by atoms with Crippen LogP contribution in [0.1, 0.15) is 18.1 Å². The summed E-state index contributed by atoms with van der Waals surface area (Å²) in [7, 11) is 0. The Labute approximate surface area is 157 Å². The minimum atomic E-state index is -0.950. The Balaban J connectivity index is 1.54. The van der Waals surface area contributed by atoms with Gasteiger partial charge in [-0.3, -0.25) is 0 Å². The molecule has 5 nitrogen and oxygen atoms in total. The number of hydrogen-bond donors (Lipinski definition) is 1. The molecule has 3 aromatic rings. The number of benzene rings is 2. The molecule has 1 unspecified atom stereocenters. The normalized spacial score (nSPS) is 12.5. The molecule has 0 saturated carbocycles. The van der Waals surface area contributed by atoms with Crippen LogP contribution in [0.5, 0.6) is 5.75 Å². The summed E-state index contributed by atoms with van der Waals surface area (Å²) in [4.78, 5) is 11.2. The molecular formula is C22H22O5. The molecule has 3 rings (SSSR count). The number of rotatable bonds is 9. The van der Waals surface area contributed by atoms with Crippen molar-refractivity contribution in [3.05, 3.63) is 72.0 Å². The first-order valence-corrected chi connectivity index (χ1v) is 8.86. The first-order chi connectivity index (χ1) is 13.2. The van der Waals surface area contributed by atoms with Gasteiger partial charge in [-0.05, 0) is 36.8 Å². The Hall–Kier alpha value is -3.05. The van der Waals surface area contributed by atoms with Crippen LogP contribution in [-0.4, -0.2) is 30.4 Å². The minimum Gasteiger partial charge on any atom is -0.490 e. The number of para-hydroxylation sites is 1. The van der Waals surface area contributed by atoms with Crippen LogP contribution in [0.3, 0.4) is 0 Å². The summed E-state index contributed by atoms with van der Waals surface area (Å²) in [6, 6.07) is 15.3. The van der Waals surface area contributed by atoms with Crippen LogP contribution in [0.25, 0.3) is 17.0 Å². The molecule has 1 heterocycles.